The number of esters is 1. The maximum Gasteiger partial charge on any atom is 0.360 e. The third kappa shape index (κ3) is 1.65. The molecule has 2 fully saturated rings. The molecule has 19 heavy (non-hydrogen) atoms. The van der Waals surface area contributed by atoms with Crippen LogP contribution in [0.25, 0.3) is 0 Å². The van der Waals surface area contributed by atoms with Crippen molar-refractivity contribution in [1.82, 2.24) is 5.16 Å². The maximum atomic E-state index is 12.1. The Balaban J connectivity index is 1.77. The van der Waals surface area contributed by atoms with Gasteiger partial charge in [-0.3, -0.25) is 0 Å². The van der Waals surface area contributed by atoms with Crippen LogP contribution in [0.15, 0.2) is 10.6 Å². The van der Waals surface area contributed by atoms with Crippen molar-refractivity contribution in [3.8, 4) is 0 Å². The average molecular weight is 263 g/mol. The van der Waals surface area contributed by atoms with E-state index >= 15 is 0 Å². The number of aryl methyl sites for hydroxylation is 1. The minimum Gasteiger partial charge on any atom is -0.457 e. The Hall–Kier alpha value is -1.32. The molecule has 3 atom stereocenters. The number of carbonyl (C=O) groups excluding carboxylic acids is 1. The fourth-order valence-corrected chi connectivity index (χ4v) is 3.96. The molecule has 3 unspecified atom stereocenters. The van der Waals surface area contributed by atoms with Crippen molar-refractivity contribution in [2.45, 2.75) is 53.1 Å². The van der Waals surface area contributed by atoms with Gasteiger partial charge in [-0.25, -0.2) is 4.79 Å². The molecule has 4 heteroatoms. The SMILES string of the molecule is Cc1cc(C(=O)OC2CC3CCC2(C)C3(C)C)no1. The van der Waals surface area contributed by atoms with Crippen molar-refractivity contribution in [3.63, 3.8) is 0 Å². The van der Waals surface area contributed by atoms with E-state index in [1.54, 1.807) is 13.0 Å². The van der Waals surface area contributed by atoms with Crippen LogP contribution in [0.2, 0.25) is 0 Å². The lowest BCUT2D eigenvalue weighted by Gasteiger charge is -2.38. The van der Waals surface area contributed by atoms with Gasteiger partial charge in [-0.15, -0.1) is 0 Å². The standard InChI is InChI=1S/C15H21NO3/c1-9-7-11(16-19-9)13(17)18-12-8-10-5-6-15(12,4)14(10,2)3/h7,10,12H,5-6,8H2,1-4H3. The van der Waals surface area contributed by atoms with Crippen LogP contribution >= 0.6 is 0 Å². The summed E-state index contributed by atoms with van der Waals surface area (Å²) in [7, 11) is 0. The molecule has 0 saturated heterocycles. The third-order valence-electron chi connectivity index (χ3n) is 5.80. The smallest absolute Gasteiger partial charge is 0.360 e. The van der Waals surface area contributed by atoms with Crippen molar-refractivity contribution in [2.24, 2.45) is 16.7 Å². The predicted molar refractivity (Wildman–Crippen MR) is 69.7 cm³/mol. The second kappa shape index (κ2) is 3.84. The summed E-state index contributed by atoms with van der Waals surface area (Å²) in [6, 6.07) is 1.63. The number of rotatable bonds is 2. The van der Waals surface area contributed by atoms with Crippen LogP contribution in [0.4, 0.5) is 0 Å². The minimum atomic E-state index is -0.355. The first-order valence-electron chi connectivity index (χ1n) is 6.99. The molecule has 0 amide bonds. The van der Waals surface area contributed by atoms with Gasteiger partial charge in [0.05, 0.1) is 0 Å². The number of fused-ring (bicyclic) bond motifs is 2. The van der Waals surface area contributed by atoms with Crippen LogP contribution < -0.4 is 0 Å². The van der Waals surface area contributed by atoms with Gasteiger partial charge in [0, 0.05) is 11.5 Å². The molecular weight excluding hydrogens is 242 g/mol. The lowest BCUT2D eigenvalue weighted by atomic mass is 9.70. The Labute approximate surface area is 113 Å². The van der Waals surface area contributed by atoms with E-state index in [2.05, 4.69) is 25.9 Å². The van der Waals surface area contributed by atoms with E-state index in [0.717, 1.165) is 12.8 Å². The van der Waals surface area contributed by atoms with Gasteiger partial charge in [0.1, 0.15) is 11.9 Å². The van der Waals surface area contributed by atoms with Crippen LogP contribution in [0.1, 0.15) is 56.3 Å². The summed E-state index contributed by atoms with van der Waals surface area (Å²) in [5.74, 6) is 0.937. The quantitative estimate of drug-likeness (QED) is 0.768. The molecule has 1 aromatic rings. The first-order chi connectivity index (χ1) is 8.84. The number of aromatic nitrogens is 1. The van der Waals surface area contributed by atoms with Crippen molar-refractivity contribution in [2.75, 3.05) is 0 Å². The Kier molecular flexibility index (Phi) is 2.57. The minimum absolute atomic E-state index is 0.00533. The normalized spacial score (nSPS) is 35.6. The predicted octanol–water partition coefficient (Wildman–Crippen LogP) is 3.35. The topological polar surface area (TPSA) is 52.3 Å². The average Bonchev–Trinajstić information content (AvgIpc) is 2.91. The van der Waals surface area contributed by atoms with Crippen LogP contribution in [-0.4, -0.2) is 17.2 Å². The van der Waals surface area contributed by atoms with Gasteiger partial charge in [-0.2, -0.15) is 0 Å². The molecule has 0 aromatic carbocycles. The van der Waals surface area contributed by atoms with Crippen molar-refractivity contribution < 1.29 is 14.1 Å². The third-order valence-corrected chi connectivity index (χ3v) is 5.80. The molecule has 3 rings (SSSR count). The molecular formula is C15H21NO3. The van der Waals surface area contributed by atoms with E-state index in [4.69, 9.17) is 9.26 Å². The van der Waals surface area contributed by atoms with Crippen LogP contribution in [-0.2, 0) is 4.74 Å². The highest BCUT2D eigenvalue weighted by molar-refractivity contribution is 5.87. The van der Waals surface area contributed by atoms with Crippen molar-refractivity contribution in [3.05, 3.63) is 17.5 Å². The first-order valence-corrected chi connectivity index (χ1v) is 6.99. The van der Waals surface area contributed by atoms with Gasteiger partial charge in [0.25, 0.3) is 0 Å². The Bertz CT molecular complexity index is 519. The monoisotopic (exact) mass is 263 g/mol. The van der Waals surface area contributed by atoms with Gasteiger partial charge in [-0.1, -0.05) is 25.9 Å². The van der Waals surface area contributed by atoms with Gasteiger partial charge in [0.15, 0.2) is 5.69 Å². The summed E-state index contributed by atoms with van der Waals surface area (Å²) in [5, 5.41) is 3.73. The molecule has 2 saturated carbocycles. The van der Waals surface area contributed by atoms with Gasteiger partial charge >= 0.3 is 5.97 Å². The molecule has 1 aromatic heterocycles. The highest BCUT2D eigenvalue weighted by atomic mass is 16.5. The molecule has 2 aliphatic carbocycles. The zero-order chi connectivity index (χ0) is 13.8. The summed E-state index contributed by atoms with van der Waals surface area (Å²) in [5.41, 5.74) is 0.616. The highest BCUT2D eigenvalue weighted by Crippen LogP contribution is 2.66. The summed E-state index contributed by atoms with van der Waals surface area (Å²) >= 11 is 0. The second-order valence-electron chi connectivity index (χ2n) is 6.83. The number of carbonyl (C=O) groups is 1. The molecule has 0 N–H and O–H groups in total. The molecule has 1 heterocycles. The highest BCUT2D eigenvalue weighted by Gasteiger charge is 2.62. The number of nitrogens with zero attached hydrogens (tertiary/aromatic N) is 1. The number of hydrogen-bond donors (Lipinski definition) is 0. The first kappa shape index (κ1) is 12.7. The van der Waals surface area contributed by atoms with Crippen molar-refractivity contribution >= 4 is 5.97 Å². The van der Waals surface area contributed by atoms with Crippen LogP contribution in [0, 0.1) is 23.7 Å². The van der Waals surface area contributed by atoms with E-state index in [1.165, 1.54) is 6.42 Å². The van der Waals surface area contributed by atoms with Crippen molar-refractivity contribution in [1.29, 1.82) is 0 Å². The van der Waals surface area contributed by atoms with E-state index in [-0.39, 0.29) is 28.6 Å². The lowest BCUT2D eigenvalue weighted by molar-refractivity contribution is -0.0249. The number of ether oxygens (including phenoxy) is 1. The Morgan fingerprint density at radius 1 is 1.47 bits per heavy atom. The molecule has 0 radical (unpaired) electrons. The fourth-order valence-electron chi connectivity index (χ4n) is 3.96. The van der Waals surface area contributed by atoms with Gasteiger partial charge in [0.2, 0.25) is 0 Å². The molecule has 0 spiro atoms. The van der Waals surface area contributed by atoms with E-state index in [1.807, 2.05) is 0 Å². The van der Waals surface area contributed by atoms with Crippen LogP contribution in [0.5, 0.6) is 0 Å². The summed E-state index contributed by atoms with van der Waals surface area (Å²) < 4.78 is 10.6. The van der Waals surface area contributed by atoms with E-state index in [9.17, 15) is 4.79 Å². The zero-order valence-corrected chi connectivity index (χ0v) is 12.0. The van der Waals surface area contributed by atoms with Crippen LogP contribution in [0.3, 0.4) is 0 Å². The molecule has 2 bridgehead atoms. The Morgan fingerprint density at radius 3 is 2.68 bits per heavy atom. The molecule has 2 aliphatic rings. The summed E-state index contributed by atoms with van der Waals surface area (Å²) in [6.45, 7) is 8.63. The number of hydrogen-bond acceptors (Lipinski definition) is 4. The molecule has 4 nitrogen and oxygen atoms in total. The zero-order valence-electron chi connectivity index (χ0n) is 12.0. The Morgan fingerprint density at radius 2 is 2.21 bits per heavy atom. The molecule has 0 aliphatic heterocycles. The maximum absolute atomic E-state index is 12.1. The second-order valence-corrected chi connectivity index (χ2v) is 6.83. The summed E-state index contributed by atoms with van der Waals surface area (Å²) in [6.07, 6.45) is 3.37. The largest absolute Gasteiger partial charge is 0.457 e. The van der Waals surface area contributed by atoms with Gasteiger partial charge < -0.3 is 9.26 Å². The molecule has 104 valence electrons. The summed E-state index contributed by atoms with van der Waals surface area (Å²) in [4.78, 5) is 12.1. The van der Waals surface area contributed by atoms with E-state index in [0.29, 0.717) is 11.7 Å². The van der Waals surface area contributed by atoms with E-state index < -0.39 is 0 Å². The fraction of sp³-hybridized carbons (Fsp3) is 0.733. The lowest BCUT2D eigenvalue weighted by Crippen LogP contribution is -2.38. The van der Waals surface area contributed by atoms with Gasteiger partial charge in [-0.05, 0) is 37.5 Å².